The first-order valence-electron chi connectivity index (χ1n) is 8.05. The van der Waals surface area contributed by atoms with Gasteiger partial charge in [-0.25, -0.2) is 0 Å². The van der Waals surface area contributed by atoms with Gasteiger partial charge in [-0.3, -0.25) is 4.79 Å². The third kappa shape index (κ3) is 5.88. The Bertz CT molecular complexity index is 416. The quantitative estimate of drug-likeness (QED) is 0.713. The largest absolute Gasteiger partial charge is 0.466 e. The Kier molecular flexibility index (Phi) is 6.74. The predicted octanol–water partition coefficient (Wildman–Crippen LogP) is 3.96. The number of benzene rings is 1. The van der Waals surface area contributed by atoms with Gasteiger partial charge in [0.2, 0.25) is 0 Å². The van der Waals surface area contributed by atoms with Gasteiger partial charge in [-0.1, -0.05) is 36.8 Å². The molecule has 1 fully saturated rings. The van der Waals surface area contributed by atoms with Crippen molar-refractivity contribution in [3.8, 4) is 0 Å². The molecule has 0 aliphatic heterocycles. The molecule has 21 heavy (non-hydrogen) atoms. The lowest BCUT2D eigenvalue weighted by molar-refractivity contribution is -0.144. The zero-order chi connectivity index (χ0) is 14.9. The first-order chi connectivity index (χ1) is 10.3. The van der Waals surface area contributed by atoms with E-state index in [0.717, 1.165) is 19.4 Å². The molecule has 0 amide bonds. The van der Waals surface area contributed by atoms with Crippen LogP contribution in [0.15, 0.2) is 30.3 Å². The van der Waals surface area contributed by atoms with Crippen LogP contribution in [0, 0.1) is 11.8 Å². The minimum atomic E-state index is -0.0478. The van der Waals surface area contributed by atoms with Crippen LogP contribution in [0.5, 0.6) is 0 Å². The molecule has 1 aliphatic carbocycles. The van der Waals surface area contributed by atoms with Crippen molar-refractivity contribution < 1.29 is 14.3 Å². The normalized spacial score (nSPS) is 22.0. The van der Waals surface area contributed by atoms with Crippen molar-refractivity contribution in [1.82, 2.24) is 0 Å². The highest BCUT2D eigenvalue weighted by Gasteiger charge is 2.24. The average Bonchev–Trinajstić information content (AvgIpc) is 2.49. The Morgan fingerprint density at radius 3 is 2.71 bits per heavy atom. The van der Waals surface area contributed by atoms with Gasteiger partial charge in [0.05, 0.1) is 13.2 Å². The fraction of sp³-hybridized carbons (Fsp3) is 0.611. The summed E-state index contributed by atoms with van der Waals surface area (Å²) in [5.74, 6) is 1.01. The van der Waals surface area contributed by atoms with Gasteiger partial charge in [0, 0.05) is 13.0 Å². The van der Waals surface area contributed by atoms with Crippen LogP contribution in [0.1, 0.15) is 44.6 Å². The number of ether oxygens (including phenoxy) is 2. The molecule has 0 unspecified atom stereocenters. The van der Waals surface area contributed by atoms with Gasteiger partial charge in [-0.2, -0.15) is 0 Å². The maximum absolute atomic E-state index is 11.6. The van der Waals surface area contributed by atoms with Crippen LogP contribution in [-0.4, -0.2) is 19.2 Å². The van der Waals surface area contributed by atoms with Gasteiger partial charge in [0.15, 0.2) is 0 Å². The molecule has 0 N–H and O–H groups in total. The molecule has 0 spiro atoms. The van der Waals surface area contributed by atoms with Crippen molar-refractivity contribution >= 4 is 5.97 Å². The van der Waals surface area contributed by atoms with Gasteiger partial charge >= 0.3 is 5.97 Å². The summed E-state index contributed by atoms with van der Waals surface area (Å²) in [5.41, 5.74) is 1.22. The second-order valence-electron chi connectivity index (χ2n) is 5.91. The fourth-order valence-corrected chi connectivity index (χ4v) is 3.11. The number of rotatable bonds is 7. The predicted molar refractivity (Wildman–Crippen MR) is 82.8 cm³/mol. The van der Waals surface area contributed by atoms with E-state index in [4.69, 9.17) is 9.47 Å². The van der Waals surface area contributed by atoms with E-state index in [-0.39, 0.29) is 5.97 Å². The van der Waals surface area contributed by atoms with E-state index in [1.54, 1.807) is 0 Å². The molecule has 0 radical (unpaired) electrons. The molecule has 0 aromatic heterocycles. The monoisotopic (exact) mass is 290 g/mol. The highest BCUT2D eigenvalue weighted by Crippen LogP contribution is 2.31. The van der Waals surface area contributed by atoms with Crippen molar-refractivity contribution in [1.29, 1.82) is 0 Å². The van der Waals surface area contributed by atoms with E-state index >= 15 is 0 Å². The zero-order valence-electron chi connectivity index (χ0n) is 12.9. The summed E-state index contributed by atoms with van der Waals surface area (Å²) in [5, 5.41) is 0. The molecule has 0 heterocycles. The molecular formula is C18H26O3. The second-order valence-corrected chi connectivity index (χ2v) is 5.91. The summed E-state index contributed by atoms with van der Waals surface area (Å²) in [7, 11) is 0. The van der Waals surface area contributed by atoms with Gasteiger partial charge in [0.1, 0.15) is 0 Å². The molecule has 1 aromatic rings. The van der Waals surface area contributed by atoms with Gasteiger partial charge in [-0.15, -0.1) is 0 Å². The Morgan fingerprint density at radius 1 is 1.19 bits per heavy atom. The molecule has 2 atom stereocenters. The van der Waals surface area contributed by atoms with E-state index in [2.05, 4.69) is 12.1 Å². The summed E-state index contributed by atoms with van der Waals surface area (Å²) in [6.45, 7) is 3.82. The van der Waals surface area contributed by atoms with Crippen LogP contribution in [0.4, 0.5) is 0 Å². The van der Waals surface area contributed by atoms with Crippen molar-refractivity contribution in [3.63, 3.8) is 0 Å². The zero-order valence-corrected chi connectivity index (χ0v) is 12.9. The van der Waals surface area contributed by atoms with E-state index in [9.17, 15) is 4.79 Å². The summed E-state index contributed by atoms with van der Waals surface area (Å²) in [6.07, 6.45) is 5.22. The Labute approximate surface area is 127 Å². The molecule has 3 nitrogen and oxygen atoms in total. The van der Waals surface area contributed by atoms with Crippen LogP contribution < -0.4 is 0 Å². The van der Waals surface area contributed by atoms with E-state index < -0.39 is 0 Å². The molecule has 0 bridgehead atoms. The minimum Gasteiger partial charge on any atom is -0.466 e. The smallest absolute Gasteiger partial charge is 0.306 e. The summed E-state index contributed by atoms with van der Waals surface area (Å²) in [6, 6.07) is 10.3. The molecule has 2 rings (SSSR count). The van der Waals surface area contributed by atoms with E-state index in [0.29, 0.717) is 31.5 Å². The molecule has 1 aromatic carbocycles. The lowest BCUT2D eigenvalue weighted by Crippen LogP contribution is -2.22. The van der Waals surface area contributed by atoms with Gasteiger partial charge < -0.3 is 9.47 Å². The molecular weight excluding hydrogens is 264 g/mol. The van der Waals surface area contributed by atoms with Crippen LogP contribution in [0.25, 0.3) is 0 Å². The van der Waals surface area contributed by atoms with Crippen molar-refractivity contribution in [2.24, 2.45) is 11.8 Å². The van der Waals surface area contributed by atoms with Crippen LogP contribution >= 0.6 is 0 Å². The Hall–Kier alpha value is -1.35. The van der Waals surface area contributed by atoms with Crippen LogP contribution in [-0.2, 0) is 20.9 Å². The number of carbonyl (C=O) groups excluding carboxylic acids is 1. The Morgan fingerprint density at radius 2 is 1.95 bits per heavy atom. The summed E-state index contributed by atoms with van der Waals surface area (Å²) in [4.78, 5) is 11.6. The van der Waals surface area contributed by atoms with Crippen molar-refractivity contribution in [3.05, 3.63) is 35.9 Å². The highest BCUT2D eigenvalue weighted by molar-refractivity contribution is 5.69. The van der Waals surface area contributed by atoms with Gasteiger partial charge in [-0.05, 0) is 43.6 Å². The second kappa shape index (κ2) is 8.83. The minimum absolute atomic E-state index is 0.0478. The molecule has 1 aliphatic rings. The molecule has 1 saturated carbocycles. The van der Waals surface area contributed by atoms with E-state index in [1.807, 2.05) is 25.1 Å². The van der Waals surface area contributed by atoms with Crippen molar-refractivity contribution in [2.45, 2.75) is 45.6 Å². The SMILES string of the molecule is CCOC(=O)C[C@@H]1CCC[C@@H](COCc2ccccc2)C1. The Balaban J connectivity index is 1.68. The first kappa shape index (κ1) is 16.0. The summed E-state index contributed by atoms with van der Waals surface area (Å²) >= 11 is 0. The maximum atomic E-state index is 11.6. The van der Waals surface area contributed by atoms with E-state index in [1.165, 1.54) is 18.4 Å². The number of hydrogen-bond donors (Lipinski definition) is 0. The number of carbonyl (C=O) groups is 1. The van der Waals surface area contributed by atoms with Crippen molar-refractivity contribution in [2.75, 3.05) is 13.2 Å². The lowest BCUT2D eigenvalue weighted by Gasteiger charge is -2.28. The number of hydrogen-bond acceptors (Lipinski definition) is 3. The lowest BCUT2D eigenvalue weighted by atomic mass is 9.80. The average molecular weight is 290 g/mol. The third-order valence-corrected chi connectivity index (χ3v) is 4.12. The van der Waals surface area contributed by atoms with Crippen LogP contribution in [0.2, 0.25) is 0 Å². The number of esters is 1. The molecule has 116 valence electrons. The van der Waals surface area contributed by atoms with Crippen LogP contribution in [0.3, 0.4) is 0 Å². The first-order valence-corrected chi connectivity index (χ1v) is 8.05. The maximum Gasteiger partial charge on any atom is 0.306 e. The topological polar surface area (TPSA) is 35.5 Å². The molecule has 3 heteroatoms. The molecule has 0 saturated heterocycles. The summed E-state index contributed by atoms with van der Waals surface area (Å²) < 4.78 is 10.9. The van der Waals surface area contributed by atoms with Gasteiger partial charge in [0.25, 0.3) is 0 Å². The highest BCUT2D eigenvalue weighted by atomic mass is 16.5. The third-order valence-electron chi connectivity index (χ3n) is 4.12. The standard InChI is InChI=1S/C18H26O3/c1-2-21-18(19)12-16-9-6-10-17(11-16)14-20-13-15-7-4-3-5-8-15/h3-5,7-8,16-17H,2,6,9-14H2,1H3/t16-,17-/m1/s1. The fourth-order valence-electron chi connectivity index (χ4n) is 3.11.